The molecule has 1 spiro atoms. The third-order valence-electron chi connectivity index (χ3n) is 9.84. The van der Waals surface area contributed by atoms with Crippen LogP contribution in [-0.4, -0.2) is 88.3 Å². The monoisotopic (exact) mass is 595 g/mol. The Kier molecular flexibility index (Phi) is 9.47. The summed E-state index contributed by atoms with van der Waals surface area (Å²) in [7, 11) is 0. The topological polar surface area (TPSA) is 99.6 Å². The number of nitrogens with zero attached hydrogens (tertiary/aromatic N) is 3. The van der Waals surface area contributed by atoms with Gasteiger partial charge in [0.05, 0.1) is 36.7 Å². The number of benzene rings is 1. The number of carbonyl (C=O) groups excluding carboxylic acids is 3. The molecule has 3 amide bonds. The average molecular weight is 596 g/mol. The van der Waals surface area contributed by atoms with Crippen molar-refractivity contribution in [3.8, 4) is 5.75 Å². The Labute approximate surface area is 256 Å². The third-order valence-corrected chi connectivity index (χ3v) is 9.84. The highest BCUT2D eigenvalue weighted by molar-refractivity contribution is 6.03. The SMILES string of the molecule is C=CCN(C(=O)[C@@H]1[C@H]2C(=O)N([C@@H](CO)C(C)C)C(C(=O)N(CC=C)C(C)C)C23CC(C)[C@@]1(C)O3)c1ccc(OCC)cc1. The van der Waals surface area contributed by atoms with Crippen LogP contribution in [0.3, 0.4) is 0 Å². The van der Waals surface area contributed by atoms with Gasteiger partial charge in [0.25, 0.3) is 0 Å². The molecule has 0 radical (unpaired) electrons. The van der Waals surface area contributed by atoms with Crippen molar-refractivity contribution in [2.24, 2.45) is 23.7 Å². The van der Waals surface area contributed by atoms with Crippen molar-refractivity contribution in [1.82, 2.24) is 9.80 Å². The lowest BCUT2D eigenvalue weighted by molar-refractivity contribution is -0.157. The summed E-state index contributed by atoms with van der Waals surface area (Å²) in [5, 5.41) is 10.5. The fourth-order valence-corrected chi connectivity index (χ4v) is 7.67. The first-order valence-corrected chi connectivity index (χ1v) is 15.5. The minimum Gasteiger partial charge on any atom is -0.494 e. The van der Waals surface area contributed by atoms with Crippen LogP contribution in [0.2, 0.25) is 0 Å². The standard InChI is InChI=1S/C34H49N3O6/c1-10-17-35(22(6)7)32(41)29-34-19-23(8)33(9,43-34)27(28(34)31(40)37(29)26(20-38)21(4)5)30(39)36(18-11-2)24-13-15-25(16-14-24)42-12-3/h10-11,13-16,21-23,26-29,38H,1-2,12,17-20H2,3-9H3/t23?,26-,27-,28-,29?,33+,34?/m0/s1. The van der Waals surface area contributed by atoms with Gasteiger partial charge in [-0.05, 0) is 70.2 Å². The number of aliphatic hydroxyl groups is 1. The predicted molar refractivity (Wildman–Crippen MR) is 167 cm³/mol. The molecule has 1 N–H and O–H groups in total. The summed E-state index contributed by atoms with van der Waals surface area (Å²) in [4.78, 5) is 48.8. The summed E-state index contributed by atoms with van der Waals surface area (Å²) in [6.07, 6.45) is 3.79. The summed E-state index contributed by atoms with van der Waals surface area (Å²) in [5.74, 6) is -2.07. The van der Waals surface area contributed by atoms with Gasteiger partial charge in [-0.3, -0.25) is 14.4 Å². The van der Waals surface area contributed by atoms with E-state index in [0.29, 0.717) is 31.0 Å². The van der Waals surface area contributed by atoms with Gasteiger partial charge in [-0.1, -0.05) is 32.9 Å². The van der Waals surface area contributed by atoms with Crippen LogP contribution in [0.1, 0.15) is 54.9 Å². The molecular formula is C34H49N3O6. The maximum Gasteiger partial charge on any atom is 0.248 e. The van der Waals surface area contributed by atoms with E-state index in [1.54, 1.807) is 26.9 Å². The molecule has 4 rings (SSSR count). The number of likely N-dealkylation sites (tertiary alicyclic amines) is 1. The van der Waals surface area contributed by atoms with Crippen molar-refractivity contribution in [3.05, 3.63) is 49.6 Å². The molecule has 3 aliphatic rings. The van der Waals surface area contributed by atoms with E-state index in [4.69, 9.17) is 9.47 Å². The number of carbonyl (C=O) groups is 3. The van der Waals surface area contributed by atoms with Crippen molar-refractivity contribution >= 4 is 23.4 Å². The Morgan fingerprint density at radius 3 is 2.28 bits per heavy atom. The van der Waals surface area contributed by atoms with E-state index >= 15 is 0 Å². The smallest absolute Gasteiger partial charge is 0.248 e. The summed E-state index contributed by atoms with van der Waals surface area (Å²) < 4.78 is 12.5. The quantitative estimate of drug-likeness (QED) is 0.346. The highest BCUT2D eigenvalue weighted by Gasteiger charge is 2.80. The molecule has 3 saturated heterocycles. The van der Waals surface area contributed by atoms with Crippen molar-refractivity contribution in [3.63, 3.8) is 0 Å². The zero-order valence-electron chi connectivity index (χ0n) is 26.8. The molecule has 1 aromatic carbocycles. The molecule has 9 heteroatoms. The van der Waals surface area contributed by atoms with Gasteiger partial charge in [-0.2, -0.15) is 0 Å². The molecule has 3 fully saturated rings. The lowest BCUT2D eigenvalue weighted by Crippen LogP contribution is -2.60. The van der Waals surface area contributed by atoms with Gasteiger partial charge in [-0.25, -0.2) is 0 Å². The van der Waals surface area contributed by atoms with Crippen LogP contribution in [-0.2, 0) is 19.1 Å². The summed E-state index contributed by atoms with van der Waals surface area (Å²) in [6, 6.07) is 5.54. The minimum absolute atomic E-state index is 0.106. The Hall–Kier alpha value is -3.17. The summed E-state index contributed by atoms with van der Waals surface area (Å²) >= 11 is 0. The van der Waals surface area contributed by atoms with Crippen molar-refractivity contribution in [2.75, 3.05) is 31.2 Å². The zero-order valence-corrected chi connectivity index (χ0v) is 26.8. The number of hydrogen-bond acceptors (Lipinski definition) is 6. The Morgan fingerprint density at radius 2 is 1.77 bits per heavy atom. The average Bonchev–Trinajstić information content (AvgIpc) is 3.47. The number of fused-ring (bicyclic) bond motifs is 1. The summed E-state index contributed by atoms with van der Waals surface area (Å²) in [5.41, 5.74) is -1.53. The second kappa shape index (κ2) is 12.4. The number of ether oxygens (including phenoxy) is 2. The van der Waals surface area contributed by atoms with Gasteiger partial charge in [0.15, 0.2) is 0 Å². The normalized spacial score (nSPS) is 30.0. The highest BCUT2D eigenvalue weighted by Crippen LogP contribution is 2.66. The van der Waals surface area contributed by atoms with Gasteiger partial charge in [0.1, 0.15) is 17.4 Å². The van der Waals surface area contributed by atoms with Crippen LogP contribution < -0.4 is 9.64 Å². The van der Waals surface area contributed by atoms with Gasteiger partial charge in [0, 0.05) is 24.8 Å². The second-order valence-corrected chi connectivity index (χ2v) is 13.0. The van der Waals surface area contributed by atoms with Crippen molar-refractivity contribution < 1.29 is 29.0 Å². The molecule has 3 unspecified atom stereocenters. The molecule has 3 heterocycles. The van der Waals surface area contributed by atoms with E-state index in [1.807, 2.05) is 72.7 Å². The first-order chi connectivity index (χ1) is 20.3. The Morgan fingerprint density at radius 1 is 1.14 bits per heavy atom. The lowest BCUT2D eigenvalue weighted by atomic mass is 9.62. The fraction of sp³-hybridized carbons (Fsp3) is 0.618. The molecule has 1 aromatic rings. The van der Waals surface area contributed by atoms with Crippen LogP contribution >= 0.6 is 0 Å². The summed E-state index contributed by atoms with van der Waals surface area (Å²) in [6.45, 7) is 22.0. The van der Waals surface area contributed by atoms with Gasteiger partial charge >= 0.3 is 0 Å². The molecule has 9 nitrogen and oxygen atoms in total. The van der Waals surface area contributed by atoms with Gasteiger partial charge in [-0.15, -0.1) is 13.2 Å². The predicted octanol–water partition coefficient (Wildman–Crippen LogP) is 4.05. The number of aliphatic hydroxyl groups excluding tert-OH is 1. The number of rotatable bonds is 13. The Balaban J connectivity index is 1.86. The number of hydrogen-bond donors (Lipinski definition) is 1. The van der Waals surface area contributed by atoms with Crippen LogP contribution in [0.15, 0.2) is 49.6 Å². The number of anilines is 1. The first-order valence-electron chi connectivity index (χ1n) is 15.5. The molecular weight excluding hydrogens is 546 g/mol. The van der Waals surface area contributed by atoms with Gasteiger partial charge < -0.3 is 29.3 Å². The molecule has 2 bridgehead atoms. The van der Waals surface area contributed by atoms with E-state index in [9.17, 15) is 19.5 Å². The van der Waals surface area contributed by atoms with Crippen molar-refractivity contribution in [1.29, 1.82) is 0 Å². The van der Waals surface area contributed by atoms with E-state index in [1.165, 1.54) is 0 Å². The van der Waals surface area contributed by atoms with E-state index < -0.39 is 35.1 Å². The van der Waals surface area contributed by atoms with Crippen molar-refractivity contribution in [2.45, 2.75) is 84.2 Å². The minimum atomic E-state index is -1.21. The second-order valence-electron chi connectivity index (χ2n) is 13.0. The van der Waals surface area contributed by atoms with Crippen LogP contribution in [0, 0.1) is 23.7 Å². The maximum atomic E-state index is 14.7. The molecule has 236 valence electrons. The van der Waals surface area contributed by atoms with E-state index in [2.05, 4.69) is 13.2 Å². The van der Waals surface area contributed by atoms with Crippen LogP contribution in [0.5, 0.6) is 5.75 Å². The van der Waals surface area contributed by atoms with Crippen LogP contribution in [0.4, 0.5) is 5.69 Å². The molecule has 0 aromatic heterocycles. The molecule has 0 aliphatic carbocycles. The first kappa shape index (κ1) is 32.7. The highest BCUT2D eigenvalue weighted by atomic mass is 16.5. The molecule has 7 atom stereocenters. The molecule has 0 saturated carbocycles. The maximum absolute atomic E-state index is 14.7. The third kappa shape index (κ3) is 5.18. The fourth-order valence-electron chi connectivity index (χ4n) is 7.67. The zero-order chi connectivity index (χ0) is 31.9. The Bertz CT molecular complexity index is 1230. The van der Waals surface area contributed by atoms with Gasteiger partial charge in [0.2, 0.25) is 17.7 Å². The largest absolute Gasteiger partial charge is 0.494 e. The van der Waals surface area contributed by atoms with Crippen LogP contribution in [0.25, 0.3) is 0 Å². The molecule has 43 heavy (non-hydrogen) atoms. The lowest BCUT2D eigenvalue weighted by Gasteiger charge is -2.41. The number of amides is 3. The van der Waals surface area contributed by atoms with E-state index in [0.717, 1.165) is 0 Å². The molecule has 3 aliphatic heterocycles. The van der Waals surface area contributed by atoms with E-state index in [-0.39, 0.29) is 48.8 Å².